The van der Waals surface area contributed by atoms with Crippen molar-refractivity contribution in [2.45, 2.75) is 39.0 Å². The predicted octanol–water partition coefficient (Wildman–Crippen LogP) is 1.23. The number of carbonyl (C=O) groups is 1. The van der Waals surface area contributed by atoms with Gasteiger partial charge in [0.25, 0.3) is 6.43 Å². The van der Waals surface area contributed by atoms with E-state index in [2.05, 4.69) is 6.92 Å². The minimum Gasteiger partial charge on any atom is -0.395 e. The maximum Gasteiger partial charge on any atom is 0.255 e. The molecule has 1 rings (SSSR count). The molecule has 0 unspecified atom stereocenters. The lowest BCUT2D eigenvalue weighted by Gasteiger charge is -2.40. The van der Waals surface area contributed by atoms with Crippen molar-refractivity contribution < 1.29 is 18.7 Å². The standard InChI is InChI=1S/C13H24F2N2O2/c1-10-2-4-13(9-16,5-3-10)12(19)17(6-7-18)8-11(14)15/h10-11,18H,2-9,16H2,1H3. The first-order valence-electron chi connectivity index (χ1n) is 6.83. The number of carbonyl (C=O) groups excluding carboxylic acids is 1. The Morgan fingerprint density at radius 1 is 1.47 bits per heavy atom. The van der Waals surface area contributed by atoms with Gasteiger partial charge in [0.05, 0.1) is 18.6 Å². The molecular weight excluding hydrogens is 254 g/mol. The zero-order chi connectivity index (χ0) is 14.5. The van der Waals surface area contributed by atoms with E-state index < -0.39 is 18.4 Å². The normalized spacial score (nSPS) is 27.6. The van der Waals surface area contributed by atoms with Crippen LogP contribution in [0, 0.1) is 11.3 Å². The molecule has 0 saturated heterocycles. The first kappa shape index (κ1) is 16.3. The molecule has 1 aliphatic rings. The Labute approximate surface area is 112 Å². The van der Waals surface area contributed by atoms with E-state index in [9.17, 15) is 13.6 Å². The van der Waals surface area contributed by atoms with Crippen LogP contribution in [-0.4, -0.2) is 48.6 Å². The lowest BCUT2D eigenvalue weighted by atomic mass is 9.70. The minimum atomic E-state index is -2.59. The number of hydrogen-bond acceptors (Lipinski definition) is 3. The van der Waals surface area contributed by atoms with E-state index in [1.807, 2.05) is 0 Å². The van der Waals surface area contributed by atoms with Crippen LogP contribution < -0.4 is 5.73 Å². The molecule has 3 N–H and O–H groups in total. The van der Waals surface area contributed by atoms with Gasteiger partial charge in [-0.3, -0.25) is 4.79 Å². The van der Waals surface area contributed by atoms with Gasteiger partial charge in [-0.25, -0.2) is 8.78 Å². The molecule has 1 aliphatic carbocycles. The van der Waals surface area contributed by atoms with Crippen LogP contribution in [0.5, 0.6) is 0 Å². The van der Waals surface area contributed by atoms with E-state index in [0.717, 1.165) is 17.7 Å². The summed E-state index contributed by atoms with van der Waals surface area (Å²) >= 11 is 0. The SMILES string of the molecule is CC1CCC(CN)(C(=O)N(CCO)CC(F)F)CC1. The van der Waals surface area contributed by atoms with Crippen molar-refractivity contribution in [1.29, 1.82) is 0 Å². The number of amides is 1. The molecule has 0 aromatic heterocycles. The largest absolute Gasteiger partial charge is 0.395 e. The molecule has 1 fully saturated rings. The monoisotopic (exact) mass is 278 g/mol. The molecule has 0 heterocycles. The molecule has 19 heavy (non-hydrogen) atoms. The summed E-state index contributed by atoms with van der Waals surface area (Å²) in [4.78, 5) is 13.5. The van der Waals surface area contributed by atoms with E-state index in [1.165, 1.54) is 0 Å². The second-order valence-corrected chi connectivity index (χ2v) is 5.53. The first-order chi connectivity index (χ1) is 8.95. The Hall–Kier alpha value is -0.750. The van der Waals surface area contributed by atoms with Gasteiger partial charge in [-0.05, 0) is 31.6 Å². The second kappa shape index (κ2) is 7.14. The van der Waals surface area contributed by atoms with E-state index in [0.29, 0.717) is 18.8 Å². The summed E-state index contributed by atoms with van der Waals surface area (Å²) in [5.74, 6) is 0.227. The van der Waals surface area contributed by atoms with Crippen molar-refractivity contribution in [3.8, 4) is 0 Å². The average molecular weight is 278 g/mol. The lowest BCUT2D eigenvalue weighted by molar-refractivity contribution is -0.146. The van der Waals surface area contributed by atoms with Crippen LogP contribution in [0.4, 0.5) is 8.78 Å². The molecular formula is C13H24F2N2O2. The number of rotatable bonds is 6. The number of aliphatic hydroxyl groups is 1. The second-order valence-electron chi connectivity index (χ2n) is 5.53. The molecule has 0 aromatic carbocycles. The fraction of sp³-hybridized carbons (Fsp3) is 0.923. The summed E-state index contributed by atoms with van der Waals surface area (Å²) in [7, 11) is 0. The summed E-state index contributed by atoms with van der Waals surface area (Å²) in [6.07, 6.45) is 0.492. The maximum absolute atomic E-state index is 12.5. The molecule has 1 saturated carbocycles. The van der Waals surface area contributed by atoms with Crippen LogP contribution in [0.15, 0.2) is 0 Å². The zero-order valence-corrected chi connectivity index (χ0v) is 11.4. The highest BCUT2D eigenvalue weighted by Gasteiger charge is 2.42. The number of nitrogens with two attached hydrogens (primary N) is 1. The van der Waals surface area contributed by atoms with Gasteiger partial charge in [0, 0.05) is 13.1 Å². The molecule has 112 valence electrons. The maximum atomic E-state index is 12.5. The van der Waals surface area contributed by atoms with Gasteiger partial charge in [0.1, 0.15) is 0 Å². The van der Waals surface area contributed by atoms with E-state index in [4.69, 9.17) is 10.8 Å². The van der Waals surface area contributed by atoms with E-state index in [1.54, 1.807) is 0 Å². The molecule has 0 radical (unpaired) electrons. The number of hydrogen-bond donors (Lipinski definition) is 2. The van der Waals surface area contributed by atoms with Gasteiger partial charge >= 0.3 is 0 Å². The van der Waals surface area contributed by atoms with Crippen molar-refractivity contribution in [3.63, 3.8) is 0 Å². The number of aliphatic hydroxyl groups excluding tert-OH is 1. The van der Waals surface area contributed by atoms with Gasteiger partial charge in [-0.1, -0.05) is 6.92 Å². The molecule has 6 heteroatoms. The Kier molecular flexibility index (Phi) is 6.13. The molecule has 0 spiro atoms. The van der Waals surface area contributed by atoms with Crippen molar-refractivity contribution >= 4 is 5.91 Å². The van der Waals surface area contributed by atoms with Gasteiger partial charge in [0.2, 0.25) is 5.91 Å². The Balaban J connectivity index is 2.79. The Morgan fingerprint density at radius 3 is 2.47 bits per heavy atom. The zero-order valence-electron chi connectivity index (χ0n) is 11.4. The van der Waals surface area contributed by atoms with Crippen molar-refractivity contribution in [3.05, 3.63) is 0 Å². The fourth-order valence-electron chi connectivity index (χ4n) is 2.72. The van der Waals surface area contributed by atoms with Crippen LogP contribution in [0.2, 0.25) is 0 Å². The molecule has 1 amide bonds. The van der Waals surface area contributed by atoms with Crippen molar-refractivity contribution in [2.75, 3.05) is 26.2 Å². The quantitative estimate of drug-likeness (QED) is 0.768. The summed E-state index contributed by atoms with van der Waals surface area (Å²) < 4.78 is 25.0. The number of alkyl halides is 2. The van der Waals surface area contributed by atoms with Crippen LogP contribution in [0.1, 0.15) is 32.6 Å². The van der Waals surface area contributed by atoms with Crippen LogP contribution >= 0.6 is 0 Å². The predicted molar refractivity (Wildman–Crippen MR) is 68.8 cm³/mol. The first-order valence-corrected chi connectivity index (χ1v) is 6.83. The summed E-state index contributed by atoms with van der Waals surface area (Å²) in [6, 6.07) is 0. The highest BCUT2D eigenvalue weighted by Crippen LogP contribution is 2.39. The van der Waals surface area contributed by atoms with Gasteiger partial charge < -0.3 is 15.7 Å². The van der Waals surface area contributed by atoms with Gasteiger partial charge in [0.15, 0.2) is 0 Å². The Bertz CT molecular complexity index is 292. The smallest absolute Gasteiger partial charge is 0.255 e. The Morgan fingerprint density at radius 2 is 2.05 bits per heavy atom. The van der Waals surface area contributed by atoms with Crippen molar-refractivity contribution in [1.82, 2.24) is 4.90 Å². The van der Waals surface area contributed by atoms with Crippen LogP contribution in [0.25, 0.3) is 0 Å². The minimum absolute atomic E-state index is 0.0551. The lowest BCUT2D eigenvalue weighted by Crippen LogP contribution is -2.51. The highest BCUT2D eigenvalue weighted by atomic mass is 19.3. The van der Waals surface area contributed by atoms with E-state index in [-0.39, 0.29) is 25.6 Å². The van der Waals surface area contributed by atoms with Crippen LogP contribution in [-0.2, 0) is 4.79 Å². The van der Waals surface area contributed by atoms with E-state index >= 15 is 0 Å². The van der Waals surface area contributed by atoms with Crippen molar-refractivity contribution in [2.24, 2.45) is 17.1 Å². The number of halogens is 2. The topological polar surface area (TPSA) is 66.6 Å². The van der Waals surface area contributed by atoms with Crippen LogP contribution in [0.3, 0.4) is 0 Å². The molecule has 0 atom stereocenters. The third-order valence-electron chi connectivity index (χ3n) is 4.09. The molecule has 4 nitrogen and oxygen atoms in total. The fourth-order valence-corrected chi connectivity index (χ4v) is 2.72. The molecule has 0 bridgehead atoms. The number of nitrogens with zero attached hydrogens (tertiary/aromatic N) is 1. The molecule has 0 aliphatic heterocycles. The summed E-state index contributed by atoms with van der Waals surface area (Å²) in [5, 5.41) is 8.93. The van der Waals surface area contributed by atoms with Gasteiger partial charge in [-0.15, -0.1) is 0 Å². The highest BCUT2D eigenvalue weighted by molar-refractivity contribution is 5.83. The average Bonchev–Trinajstić information content (AvgIpc) is 2.38. The third-order valence-corrected chi connectivity index (χ3v) is 4.09. The molecule has 0 aromatic rings. The third kappa shape index (κ3) is 4.11. The van der Waals surface area contributed by atoms with Gasteiger partial charge in [-0.2, -0.15) is 0 Å². The summed E-state index contributed by atoms with van der Waals surface area (Å²) in [6.45, 7) is 1.31. The summed E-state index contributed by atoms with van der Waals surface area (Å²) in [5.41, 5.74) is 5.04.